The molecule has 1 atom stereocenters. The van der Waals surface area contributed by atoms with Crippen molar-refractivity contribution in [1.29, 1.82) is 0 Å². The molecule has 1 aromatic heterocycles. The molecule has 0 fully saturated rings. The van der Waals surface area contributed by atoms with E-state index < -0.39 is 5.41 Å². The van der Waals surface area contributed by atoms with Crippen molar-refractivity contribution in [3.63, 3.8) is 0 Å². The third-order valence-corrected chi connectivity index (χ3v) is 6.03. The third-order valence-electron chi connectivity index (χ3n) is 5.79. The molecule has 7 heteroatoms. The van der Waals surface area contributed by atoms with Gasteiger partial charge in [-0.05, 0) is 43.7 Å². The zero-order valence-electron chi connectivity index (χ0n) is 16.1. The SMILES string of the molecule is CCN1C(=O)C2(CC(=O)Nc3c2cnn3-c2cccc(Cl)c2)c2cc(C)ccc21. The van der Waals surface area contributed by atoms with E-state index in [-0.39, 0.29) is 18.2 Å². The van der Waals surface area contributed by atoms with Crippen LogP contribution in [0.15, 0.2) is 48.7 Å². The van der Waals surface area contributed by atoms with Crippen LogP contribution in [0.4, 0.5) is 11.5 Å². The summed E-state index contributed by atoms with van der Waals surface area (Å²) < 4.78 is 1.64. The number of anilines is 2. The Kier molecular flexibility index (Phi) is 3.83. The number of hydrogen-bond donors (Lipinski definition) is 1. The molecule has 6 nitrogen and oxygen atoms in total. The van der Waals surface area contributed by atoms with Gasteiger partial charge in [-0.1, -0.05) is 35.4 Å². The first kappa shape index (κ1) is 17.9. The number of hydrogen-bond acceptors (Lipinski definition) is 3. The van der Waals surface area contributed by atoms with Gasteiger partial charge in [0, 0.05) is 29.2 Å². The van der Waals surface area contributed by atoms with Gasteiger partial charge in [0.05, 0.1) is 11.9 Å². The van der Waals surface area contributed by atoms with Crippen LogP contribution in [0.5, 0.6) is 0 Å². The number of amides is 2. The van der Waals surface area contributed by atoms with Crippen molar-refractivity contribution in [1.82, 2.24) is 9.78 Å². The number of benzene rings is 2. The summed E-state index contributed by atoms with van der Waals surface area (Å²) in [6, 6.07) is 13.2. The Bertz CT molecular complexity index is 1190. The number of nitrogens with zero attached hydrogens (tertiary/aromatic N) is 3. The first-order valence-electron chi connectivity index (χ1n) is 9.53. The largest absolute Gasteiger partial charge is 0.311 e. The number of likely N-dealkylation sites (N-methyl/N-ethyl adjacent to an activating group) is 1. The lowest BCUT2D eigenvalue weighted by atomic mass is 9.71. The molecule has 5 rings (SSSR count). The topological polar surface area (TPSA) is 67.2 Å². The van der Waals surface area contributed by atoms with Crippen molar-refractivity contribution in [3.8, 4) is 5.69 Å². The molecule has 3 heterocycles. The summed E-state index contributed by atoms with van der Waals surface area (Å²) in [5.41, 5.74) is 3.14. The molecular weight excluding hydrogens is 388 g/mol. The second kappa shape index (κ2) is 6.19. The van der Waals surface area contributed by atoms with E-state index in [0.717, 1.165) is 22.5 Å². The fourth-order valence-corrected chi connectivity index (χ4v) is 4.71. The molecule has 1 N–H and O–H groups in total. The van der Waals surface area contributed by atoms with E-state index in [9.17, 15) is 9.59 Å². The molecule has 0 radical (unpaired) electrons. The molecule has 0 saturated heterocycles. The molecule has 1 unspecified atom stereocenters. The van der Waals surface area contributed by atoms with Crippen LogP contribution in [-0.2, 0) is 15.0 Å². The summed E-state index contributed by atoms with van der Waals surface area (Å²) in [5.74, 6) is 0.227. The average Bonchev–Trinajstić information content (AvgIpc) is 3.21. The fraction of sp³-hybridized carbons (Fsp3) is 0.227. The number of nitrogens with one attached hydrogen (secondary N) is 1. The van der Waals surface area contributed by atoms with Crippen LogP contribution in [0, 0.1) is 6.92 Å². The van der Waals surface area contributed by atoms with Gasteiger partial charge in [-0.25, -0.2) is 4.68 Å². The minimum Gasteiger partial charge on any atom is -0.311 e. The number of fused-ring (bicyclic) bond motifs is 4. The van der Waals surface area contributed by atoms with Crippen LogP contribution in [0.25, 0.3) is 5.69 Å². The number of carbonyl (C=O) groups is 2. The van der Waals surface area contributed by atoms with Crippen LogP contribution >= 0.6 is 11.6 Å². The van der Waals surface area contributed by atoms with Gasteiger partial charge in [0.15, 0.2) is 0 Å². The van der Waals surface area contributed by atoms with Crippen molar-refractivity contribution in [2.24, 2.45) is 0 Å². The highest BCUT2D eigenvalue weighted by atomic mass is 35.5. The van der Waals surface area contributed by atoms with Crippen molar-refractivity contribution in [3.05, 3.63) is 70.4 Å². The minimum atomic E-state index is -1.06. The molecule has 2 aliphatic rings. The van der Waals surface area contributed by atoms with Gasteiger partial charge in [-0.3, -0.25) is 9.59 Å². The molecule has 2 aromatic carbocycles. The highest BCUT2D eigenvalue weighted by molar-refractivity contribution is 6.30. The molecule has 3 aromatic rings. The lowest BCUT2D eigenvalue weighted by Crippen LogP contribution is -2.46. The van der Waals surface area contributed by atoms with E-state index in [4.69, 9.17) is 11.6 Å². The Labute approximate surface area is 173 Å². The number of aromatic nitrogens is 2. The summed E-state index contributed by atoms with van der Waals surface area (Å²) in [5, 5.41) is 8.01. The molecule has 0 aliphatic carbocycles. The standard InChI is InChI=1S/C22H19ClN4O2/c1-3-26-18-8-7-13(2)9-16(18)22(21(26)29)11-19(28)25-20-17(22)12-24-27(20)15-6-4-5-14(23)10-15/h4-10,12H,3,11H2,1-2H3,(H,25,28). The van der Waals surface area contributed by atoms with Crippen molar-refractivity contribution < 1.29 is 9.59 Å². The molecule has 29 heavy (non-hydrogen) atoms. The molecule has 2 amide bonds. The van der Waals surface area contributed by atoms with Crippen molar-refractivity contribution in [2.75, 3.05) is 16.8 Å². The Morgan fingerprint density at radius 3 is 2.76 bits per heavy atom. The van der Waals surface area contributed by atoms with Crippen molar-refractivity contribution in [2.45, 2.75) is 25.7 Å². The molecule has 2 aliphatic heterocycles. The summed E-state index contributed by atoms with van der Waals surface area (Å²) in [6.45, 7) is 4.47. The first-order valence-corrected chi connectivity index (χ1v) is 9.91. The Morgan fingerprint density at radius 2 is 2.00 bits per heavy atom. The third kappa shape index (κ3) is 2.39. The van der Waals surface area contributed by atoms with Crippen LogP contribution in [0.2, 0.25) is 5.02 Å². The van der Waals surface area contributed by atoms with Crippen molar-refractivity contribution >= 4 is 34.9 Å². The minimum absolute atomic E-state index is 0.0625. The number of halogens is 1. The van der Waals surface area contributed by atoms with Crippen LogP contribution in [0.1, 0.15) is 30.0 Å². The monoisotopic (exact) mass is 406 g/mol. The normalized spacial score (nSPS) is 20.0. The quantitative estimate of drug-likeness (QED) is 0.703. The maximum atomic E-state index is 13.7. The average molecular weight is 407 g/mol. The van der Waals surface area contributed by atoms with E-state index in [1.54, 1.807) is 27.9 Å². The second-order valence-electron chi connectivity index (χ2n) is 7.50. The van der Waals surface area contributed by atoms with Gasteiger partial charge in [0.2, 0.25) is 11.8 Å². The Morgan fingerprint density at radius 1 is 1.17 bits per heavy atom. The number of aryl methyl sites for hydroxylation is 1. The molecule has 1 spiro atoms. The highest BCUT2D eigenvalue weighted by Gasteiger charge is 2.56. The first-order chi connectivity index (χ1) is 14.0. The van der Waals surface area contributed by atoms with Gasteiger partial charge >= 0.3 is 0 Å². The predicted molar refractivity (Wildman–Crippen MR) is 112 cm³/mol. The summed E-state index contributed by atoms with van der Waals surface area (Å²) >= 11 is 6.15. The van der Waals surface area contributed by atoms with Gasteiger partial charge in [0.25, 0.3) is 0 Å². The van der Waals surface area contributed by atoms with Crippen LogP contribution in [-0.4, -0.2) is 28.1 Å². The number of rotatable bonds is 2. The zero-order valence-corrected chi connectivity index (χ0v) is 16.8. The molecule has 0 saturated carbocycles. The maximum Gasteiger partial charge on any atom is 0.242 e. The second-order valence-corrected chi connectivity index (χ2v) is 7.94. The van der Waals surface area contributed by atoms with E-state index in [0.29, 0.717) is 22.9 Å². The van der Waals surface area contributed by atoms with E-state index >= 15 is 0 Å². The summed E-state index contributed by atoms with van der Waals surface area (Å²) in [7, 11) is 0. The molecule has 0 bridgehead atoms. The lowest BCUT2D eigenvalue weighted by Gasteiger charge is -2.32. The van der Waals surface area contributed by atoms with Gasteiger partial charge in [-0.15, -0.1) is 0 Å². The number of carbonyl (C=O) groups excluding carboxylic acids is 2. The van der Waals surface area contributed by atoms with Gasteiger partial charge in [0.1, 0.15) is 11.2 Å². The Hall–Kier alpha value is -3.12. The van der Waals surface area contributed by atoms with E-state index in [2.05, 4.69) is 10.4 Å². The Balaban J connectivity index is 1.79. The molecule has 146 valence electrons. The molecular formula is C22H19ClN4O2. The highest BCUT2D eigenvalue weighted by Crippen LogP contribution is 2.52. The van der Waals surface area contributed by atoms with Crippen LogP contribution in [0.3, 0.4) is 0 Å². The zero-order chi connectivity index (χ0) is 20.3. The predicted octanol–water partition coefficient (Wildman–Crippen LogP) is 3.83. The summed E-state index contributed by atoms with van der Waals surface area (Å²) in [4.78, 5) is 28.3. The maximum absolute atomic E-state index is 13.7. The van der Waals surface area contributed by atoms with E-state index in [1.807, 2.05) is 44.2 Å². The lowest BCUT2D eigenvalue weighted by molar-refractivity contribution is -0.126. The van der Waals surface area contributed by atoms with E-state index in [1.165, 1.54) is 0 Å². The fourth-order valence-electron chi connectivity index (χ4n) is 4.52. The van der Waals surface area contributed by atoms with Gasteiger partial charge in [-0.2, -0.15) is 5.10 Å². The smallest absolute Gasteiger partial charge is 0.242 e. The van der Waals surface area contributed by atoms with Gasteiger partial charge < -0.3 is 10.2 Å². The van der Waals surface area contributed by atoms with Crippen LogP contribution < -0.4 is 10.2 Å². The summed E-state index contributed by atoms with van der Waals surface area (Å²) in [6.07, 6.45) is 1.76.